The normalized spacial score (nSPS) is 11.8. The summed E-state index contributed by atoms with van der Waals surface area (Å²) in [5.74, 6) is 0.267. The van der Waals surface area contributed by atoms with Crippen LogP contribution in [0.15, 0.2) is 120 Å². The molecule has 0 bridgehead atoms. The van der Waals surface area contributed by atoms with Crippen molar-refractivity contribution in [3.8, 4) is 22.6 Å². The molecule has 0 radical (unpaired) electrons. The van der Waals surface area contributed by atoms with Crippen LogP contribution in [0, 0.1) is 6.92 Å². The molecule has 1 atom stereocenters. The van der Waals surface area contributed by atoms with Crippen molar-refractivity contribution < 1.29 is 24.0 Å². The number of nitrogens with one attached hydrogen (secondary N) is 1. The minimum Gasteiger partial charge on any atom is -0.489 e. The maximum atomic E-state index is 12.1. The first-order chi connectivity index (χ1) is 21.5. The van der Waals surface area contributed by atoms with E-state index in [0.717, 1.165) is 27.8 Å². The molecule has 0 aliphatic rings. The molecule has 8 nitrogen and oxygen atoms in total. The molecular weight excluding hydrogens is 554 g/mol. The van der Waals surface area contributed by atoms with Crippen molar-refractivity contribution in [1.82, 2.24) is 15.6 Å². The second-order valence-corrected chi connectivity index (χ2v) is 10.5. The van der Waals surface area contributed by atoms with E-state index in [9.17, 15) is 9.90 Å². The van der Waals surface area contributed by atoms with E-state index in [4.69, 9.17) is 14.1 Å². The van der Waals surface area contributed by atoms with Crippen molar-refractivity contribution >= 4 is 17.0 Å². The van der Waals surface area contributed by atoms with E-state index in [1.165, 1.54) is 5.56 Å². The molecule has 8 heteroatoms. The molecule has 0 aliphatic heterocycles. The van der Waals surface area contributed by atoms with Gasteiger partial charge in [-0.15, -0.1) is 0 Å². The molecule has 6 rings (SSSR count). The average molecular weight is 586 g/mol. The Bertz CT molecular complexity index is 1870. The molecule has 0 spiro atoms. The van der Waals surface area contributed by atoms with E-state index in [1.54, 1.807) is 12.1 Å². The number of fused-ring (bicyclic) bond motifs is 1. The zero-order chi connectivity index (χ0) is 30.3. The third kappa shape index (κ3) is 6.61. The number of nitrogens with zero attached hydrogens (tertiary/aromatic N) is 2. The van der Waals surface area contributed by atoms with Crippen molar-refractivity contribution in [2.24, 2.45) is 0 Å². The summed E-state index contributed by atoms with van der Waals surface area (Å²) < 4.78 is 17.4. The number of hydrogen-bond acceptors (Lipinski definition) is 7. The fourth-order valence-corrected chi connectivity index (χ4v) is 5.12. The van der Waals surface area contributed by atoms with E-state index < -0.39 is 12.0 Å². The third-order valence-electron chi connectivity index (χ3n) is 7.55. The fourth-order valence-electron chi connectivity index (χ4n) is 5.12. The van der Waals surface area contributed by atoms with Gasteiger partial charge in [-0.3, -0.25) is 10.1 Å². The first kappa shape index (κ1) is 28.6. The van der Waals surface area contributed by atoms with Crippen LogP contribution < -0.4 is 14.8 Å². The molecular formula is C36H31N3O5. The predicted molar refractivity (Wildman–Crippen MR) is 167 cm³/mol. The lowest BCUT2D eigenvalue weighted by Crippen LogP contribution is -2.28. The monoisotopic (exact) mass is 585 g/mol. The number of carboxylic acids is 1. The molecule has 0 fully saturated rings. The van der Waals surface area contributed by atoms with Gasteiger partial charge in [-0.05, 0) is 68.8 Å². The van der Waals surface area contributed by atoms with E-state index >= 15 is 0 Å². The number of benzene rings is 5. The Morgan fingerprint density at radius 2 is 1.57 bits per heavy atom. The van der Waals surface area contributed by atoms with Gasteiger partial charge in [-0.2, -0.15) is 0 Å². The zero-order valence-corrected chi connectivity index (χ0v) is 24.1. The Labute approximate surface area is 254 Å². The lowest BCUT2D eigenvalue weighted by Gasteiger charge is -2.18. The van der Waals surface area contributed by atoms with E-state index in [1.807, 2.05) is 78.9 Å². The summed E-state index contributed by atoms with van der Waals surface area (Å²) in [6.45, 7) is 3.02. The molecule has 6 aromatic rings. The Morgan fingerprint density at radius 1 is 0.795 bits per heavy atom. The second-order valence-electron chi connectivity index (χ2n) is 10.5. The summed E-state index contributed by atoms with van der Waals surface area (Å²) in [6.07, 6.45) is 0. The largest absolute Gasteiger partial charge is 0.489 e. The molecule has 1 aromatic heterocycles. The minimum atomic E-state index is -0.957. The number of carbonyl (C=O) groups is 1. The minimum absolute atomic E-state index is 0.262. The SMILES string of the molecule is Cc1c(COc2ccc(CN[C@H](C(=O)O)c3ccccc3)c(OCc3ccc4nonc4c3)c2)cccc1-c1ccccc1. The van der Waals surface area contributed by atoms with Crippen LogP contribution in [0.2, 0.25) is 0 Å². The summed E-state index contributed by atoms with van der Waals surface area (Å²) in [6, 6.07) is 36.0. The summed E-state index contributed by atoms with van der Waals surface area (Å²) in [5, 5.41) is 20.8. The van der Waals surface area contributed by atoms with Crippen molar-refractivity contribution in [2.45, 2.75) is 32.7 Å². The predicted octanol–water partition coefficient (Wildman–Crippen LogP) is 7.27. The van der Waals surface area contributed by atoms with Crippen molar-refractivity contribution in [2.75, 3.05) is 0 Å². The molecule has 0 saturated carbocycles. The van der Waals surface area contributed by atoms with Gasteiger partial charge in [-0.1, -0.05) is 91.0 Å². The highest BCUT2D eigenvalue weighted by Gasteiger charge is 2.20. The number of carboxylic acid groups (broad SMARTS) is 1. The van der Waals surface area contributed by atoms with Gasteiger partial charge in [0, 0.05) is 18.2 Å². The van der Waals surface area contributed by atoms with Crippen LogP contribution >= 0.6 is 0 Å². The van der Waals surface area contributed by atoms with Crippen LogP contribution in [0.3, 0.4) is 0 Å². The highest BCUT2D eigenvalue weighted by atomic mass is 16.6. The van der Waals surface area contributed by atoms with Crippen molar-refractivity contribution in [3.63, 3.8) is 0 Å². The number of aromatic nitrogens is 2. The fraction of sp³-hybridized carbons (Fsp3) is 0.139. The van der Waals surface area contributed by atoms with E-state index in [2.05, 4.69) is 46.8 Å². The van der Waals surface area contributed by atoms with E-state index in [0.29, 0.717) is 34.7 Å². The average Bonchev–Trinajstić information content (AvgIpc) is 3.53. The van der Waals surface area contributed by atoms with Gasteiger partial charge in [-0.25, -0.2) is 4.63 Å². The van der Waals surface area contributed by atoms with Gasteiger partial charge in [0.1, 0.15) is 41.8 Å². The molecule has 1 heterocycles. The number of aliphatic carboxylic acids is 1. The maximum absolute atomic E-state index is 12.1. The molecule has 0 saturated heterocycles. The number of hydrogen-bond donors (Lipinski definition) is 2. The summed E-state index contributed by atoms with van der Waals surface area (Å²) in [4.78, 5) is 12.1. The van der Waals surface area contributed by atoms with Crippen LogP contribution in [0.25, 0.3) is 22.2 Å². The second kappa shape index (κ2) is 13.2. The van der Waals surface area contributed by atoms with E-state index in [-0.39, 0.29) is 13.2 Å². The van der Waals surface area contributed by atoms with Crippen LogP contribution in [-0.4, -0.2) is 21.4 Å². The number of ether oxygens (including phenoxy) is 2. The Morgan fingerprint density at radius 3 is 2.36 bits per heavy atom. The highest BCUT2D eigenvalue weighted by Crippen LogP contribution is 2.30. The molecule has 0 amide bonds. The summed E-state index contributed by atoms with van der Waals surface area (Å²) >= 11 is 0. The van der Waals surface area contributed by atoms with Crippen molar-refractivity contribution in [3.05, 3.63) is 143 Å². The van der Waals surface area contributed by atoms with Gasteiger partial charge in [0.25, 0.3) is 0 Å². The lowest BCUT2D eigenvalue weighted by atomic mass is 9.97. The maximum Gasteiger partial charge on any atom is 0.325 e. The topological polar surface area (TPSA) is 107 Å². The Hall–Kier alpha value is -5.47. The van der Waals surface area contributed by atoms with Gasteiger partial charge in [0.05, 0.1) is 0 Å². The smallest absolute Gasteiger partial charge is 0.325 e. The molecule has 44 heavy (non-hydrogen) atoms. The molecule has 0 aliphatic carbocycles. The first-order valence-electron chi connectivity index (χ1n) is 14.3. The molecule has 2 N–H and O–H groups in total. The van der Waals surface area contributed by atoms with Crippen LogP contribution in [0.1, 0.15) is 33.9 Å². The van der Waals surface area contributed by atoms with Crippen LogP contribution in [0.5, 0.6) is 11.5 Å². The van der Waals surface area contributed by atoms with Crippen LogP contribution in [-0.2, 0) is 24.6 Å². The molecule has 5 aromatic carbocycles. The van der Waals surface area contributed by atoms with Gasteiger partial charge in [0.2, 0.25) is 0 Å². The van der Waals surface area contributed by atoms with Gasteiger partial charge < -0.3 is 14.6 Å². The first-order valence-corrected chi connectivity index (χ1v) is 14.3. The molecule has 220 valence electrons. The highest BCUT2D eigenvalue weighted by molar-refractivity contribution is 5.75. The van der Waals surface area contributed by atoms with Gasteiger partial charge >= 0.3 is 5.97 Å². The quantitative estimate of drug-likeness (QED) is 0.154. The lowest BCUT2D eigenvalue weighted by molar-refractivity contribution is -0.139. The van der Waals surface area contributed by atoms with Crippen molar-refractivity contribution in [1.29, 1.82) is 0 Å². The van der Waals surface area contributed by atoms with Gasteiger partial charge in [0.15, 0.2) is 0 Å². The zero-order valence-electron chi connectivity index (χ0n) is 24.1. The third-order valence-corrected chi connectivity index (χ3v) is 7.55. The summed E-state index contributed by atoms with van der Waals surface area (Å²) in [5.41, 5.74) is 8.25. The standard InChI is InChI=1S/C36H31N3O5/c1-24-29(13-8-14-31(24)26-9-4-2-5-10-26)23-42-30-17-16-28(21-37-35(36(40)41)27-11-6-3-7-12-27)34(20-30)43-22-25-15-18-32-33(19-25)39-44-38-32/h2-20,35,37H,21-23H2,1H3,(H,40,41)/t35-/m0/s1. The number of rotatable bonds is 12. The molecule has 0 unspecified atom stereocenters. The Balaban J connectivity index is 1.22. The van der Waals surface area contributed by atoms with Crippen LogP contribution in [0.4, 0.5) is 0 Å². The Kier molecular flexibility index (Phi) is 8.61. The summed E-state index contributed by atoms with van der Waals surface area (Å²) in [7, 11) is 0.